The van der Waals surface area contributed by atoms with E-state index >= 15 is 0 Å². The second kappa shape index (κ2) is 10.8. The molecular weight excluding hydrogens is 522 g/mol. The molecule has 2 heterocycles. The van der Waals surface area contributed by atoms with Gasteiger partial charge in [-0.15, -0.1) is 11.3 Å². The van der Waals surface area contributed by atoms with Crippen molar-refractivity contribution < 1.29 is 23.9 Å². The molecule has 0 radical (unpaired) electrons. The largest absolute Gasteiger partial charge is 0.497 e. The van der Waals surface area contributed by atoms with Crippen molar-refractivity contribution in [2.45, 2.75) is 38.5 Å². The van der Waals surface area contributed by atoms with Crippen LogP contribution in [0.15, 0.2) is 71.2 Å². The fraction of sp³-hybridized carbons (Fsp3) is 0.300. The summed E-state index contributed by atoms with van der Waals surface area (Å²) < 4.78 is 10.8. The summed E-state index contributed by atoms with van der Waals surface area (Å²) in [7, 11) is 1.58. The minimum atomic E-state index is -0.989. The molecule has 3 aromatic rings. The van der Waals surface area contributed by atoms with Gasteiger partial charge in [-0.25, -0.2) is 0 Å². The van der Waals surface area contributed by atoms with E-state index in [-0.39, 0.29) is 24.7 Å². The van der Waals surface area contributed by atoms with Crippen molar-refractivity contribution >= 4 is 46.3 Å². The fourth-order valence-corrected chi connectivity index (χ4v) is 6.51. The number of esters is 1. The number of amides is 1. The van der Waals surface area contributed by atoms with Gasteiger partial charge in [0.2, 0.25) is 5.91 Å². The van der Waals surface area contributed by atoms with Crippen molar-refractivity contribution in [3.63, 3.8) is 0 Å². The molecule has 8 heteroatoms. The maximum absolute atomic E-state index is 14.4. The number of halogens is 1. The normalized spacial score (nSPS) is 21.4. The number of carbonyl (C=O) groups is 3. The molecule has 6 nitrogen and oxygen atoms in total. The Morgan fingerprint density at radius 1 is 1.11 bits per heavy atom. The predicted octanol–water partition coefficient (Wildman–Crippen LogP) is 6.43. The third-order valence-electron chi connectivity index (χ3n) is 7.28. The van der Waals surface area contributed by atoms with Gasteiger partial charge < -0.3 is 9.47 Å². The van der Waals surface area contributed by atoms with Crippen LogP contribution < -0.4 is 9.64 Å². The van der Waals surface area contributed by atoms with E-state index in [0.717, 1.165) is 16.0 Å². The van der Waals surface area contributed by atoms with E-state index in [0.29, 0.717) is 34.2 Å². The van der Waals surface area contributed by atoms with Gasteiger partial charge in [-0.05, 0) is 67.1 Å². The third-order valence-corrected chi connectivity index (χ3v) is 8.69. The van der Waals surface area contributed by atoms with E-state index in [4.69, 9.17) is 21.1 Å². The van der Waals surface area contributed by atoms with Crippen LogP contribution in [0.4, 0.5) is 5.69 Å². The number of nitrogens with zero attached hydrogens (tertiary/aromatic N) is 1. The summed E-state index contributed by atoms with van der Waals surface area (Å²) in [5, 5.41) is 2.46. The number of Topliss-reactive ketones (excluding diaryl/α,β-unsaturated/α-hetero) is 1. The lowest BCUT2D eigenvalue weighted by molar-refractivity contribution is -0.152. The number of methoxy groups -OCH3 is 1. The average molecular weight is 550 g/mol. The Kier molecular flexibility index (Phi) is 7.41. The third kappa shape index (κ3) is 4.65. The minimum Gasteiger partial charge on any atom is -0.497 e. The molecule has 0 unspecified atom stereocenters. The van der Waals surface area contributed by atoms with Crippen LogP contribution in [-0.4, -0.2) is 31.4 Å². The van der Waals surface area contributed by atoms with Gasteiger partial charge in [0.15, 0.2) is 5.78 Å². The van der Waals surface area contributed by atoms with Crippen LogP contribution in [0.5, 0.6) is 5.75 Å². The average Bonchev–Trinajstić information content (AvgIpc) is 3.45. The molecule has 1 amide bonds. The molecule has 2 aromatic carbocycles. The van der Waals surface area contributed by atoms with Crippen LogP contribution in [0.25, 0.3) is 0 Å². The summed E-state index contributed by atoms with van der Waals surface area (Å²) in [5.74, 6) is -2.29. The molecule has 0 fully saturated rings. The highest BCUT2D eigenvalue weighted by Crippen LogP contribution is 2.50. The SMILES string of the molecule is CCOC(=O)[C@@H]1C(=O)C2=C(C[C@@H]1c1cccs1)N(c1ccc(C)c(Cl)c1)C(=O)C[C@H]2c1cccc(OC)c1. The summed E-state index contributed by atoms with van der Waals surface area (Å²) in [6, 6.07) is 16.7. The number of benzene rings is 2. The maximum Gasteiger partial charge on any atom is 0.317 e. The highest BCUT2D eigenvalue weighted by Gasteiger charge is 2.50. The van der Waals surface area contributed by atoms with Crippen molar-refractivity contribution in [2.75, 3.05) is 18.6 Å². The Labute approximate surface area is 230 Å². The summed E-state index contributed by atoms with van der Waals surface area (Å²) >= 11 is 7.95. The quantitative estimate of drug-likeness (QED) is 0.262. The molecule has 196 valence electrons. The molecular formula is C30H28ClNO5S. The van der Waals surface area contributed by atoms with Crippen LogP contribution in [0.2, 0.25) is 5.02 Å². The lowest BCUT2D eigenvalue weighted by atomic mass is 9.69. The van der Waals surface area contributed by atoms with E-state index in [1.807, 2.05) is 60.8 Å². The van der Waals surface area contributed by atoms with Crippen molar-refractivity contribution in [1.29, 1.82) is 0 Å². The molecule has 1 aliphatic heterocycles. The van der Waals surface area contributed by atoms with Gasteiger partial charge >= 0.3 is 5.97 Å². The van der Waals surface area contributed by atoms with E-state index in [1.165, 1.54) is 11.3 Å². The van der Waals surface area contributed by atoms with Crippen LogP contribution in [0.1, 0.15) is 47.6 Å². The van der Waals surface area contributed by atoms with Crippen molar-refractivity contribution in [3.05, 3.63) is 92.3 Å². The van der Waals surface area contributed by atoms with Crippen LogP contribution in [0.3, 0.4) is 0 Å². The first-order chi connectivity index (χ1) is 18.3. The number of hydrogen-bond acceptors (Lipinski definition) is 6. The van der Waals surface area contributed by atoms with E-state index in [9.17, 15) is 14.4 Å². The Morgan fingerprint density at radius 3 is 2.61 bits per heavy atom. The van der Waals surface area contributed by atoms with Crippen molar-refractivity contribution in [2.24, 2.45) is 5.92 Å². The number of anilines is 1. The molecule has 0 saturated heterocycles. The molecule has 0 N–H and O–H groups in total. The number of carbonyl (C=O) groups excluding carboxylic acids is 3. The molecule has 1 aromatic heterocycles. The second-order valence-electron chi connectivity index (χ2n) is 9.48. The van der Waals surface area contributed by atoms with Crippen LogP contribution >= 0.6 is 22.9 Å². The molecule has 3 atom stereocenters. The Bertz CT molecular complexity index is 1430. The zero-order valence-electron chi connectivity index (χ0n) is 21.4. The Hall–Kier alpha value is -3.42. The molecule has 0 saturated carbocycles. The molecule has 1 aliphatic carbocycles. The first-order valence-electron chi connectivity index (χ1n) is 12.5. The number of ether oxygens (including phenoxy) is 2. The summed E-state index contributed by atoms with van der Waals surface area (Å²) in [6.07, 6.45) is 0.408. The van der Waals surface area contributed by atoms with Gasteiger partial charge in [-0.2, -0.15) is 0 Å². The first kappa shape index (κ1) is 26.2. The van der Waals surface area contributed by atoms with Gasteiger partial charge in [-0.1, -0.05) is 35.9 Å². The highest BCUT2D eigenvalue weighted by molar-refractivity contribution is 7.10. The standard InChI is InChI=1S/C30H28ClNO5S/c1-4-37-30(35)28-22(25-9-6-12-38-25)15-24-27(29(28)34)21(18-7-5-8-20(13-18)36-3)16-26(33)32(24)19-11-10-17(2)23(31)14-19/h5-14,21-22,28H,4,15-16H2,1-3H3/t21-,22+,28-/m0/s1. The zero-order chi connectivity index (χ0) is 27.0. The number of thiophene rings is 1. The van der Waals surface area contributed by atoms with Gasteiger partial charge in [0, 0.05) is 39.4 Å². The predicted molar refractivity (Wildman–Crippen MR) is 148 cm³/mol. The molecule has 0 bridgehead atoms. The Balaban J connectivity index is 1.73. The Morgan fingerprint density at radius 2 is 1.92 bits per heavy atom. The molecule has 5 rings (SSSR count). The van der Waals surface area contributed by atoms with E-state index in [1.54, 1.807) is 25.0 Å². The van der Waals surface area contributed by atoms with Gasteiger partial charge in [-0.3, -0.25) is 19.3 Å². The second-order valence-corrected chi connectivity index (χ2v) is 10.9. The summed E-state index contributed by atoms with van der Waals surface area (Å²) in [6.45, 7) is 3.81. The number of ketones is 1. The lowest BCUT2D eigenvalue weighted by Crippen LogP contribution is -2.46. The molecule has 0 spiro atoms. The molecule has 2 aliphatic rings. The lowest BCUT2D eigenvalue weighted by Gasteiger charge is -2.42. The highest BCUT2D eigenvalue weighted by atomic mass is 35.5. The number of aryl methyl sites for hydroxylation is 1. The zero-order valence-corrected chi connectivity index (χ0v) is 23.0. The number of hydrogen-bond donors (Lipinski definition) is 0. The van der Waals surface area contributed by atoms with Crippen molar-refractivity contribution in [3.8, 4) is 5.75 Å². The summed E-state index contributed by atoms with van der Waals surface area (Å²) in [5.41, 5.74) is 3.37. The van der Waals surface area contributed by atoms with Gasteiger partial charge in [0.1, 0.15) is 11.7 Å². The van der Waals surface area contributed by atoms with Gasteiger partial charge in [0.25, 0.3) is 0 Å². The van der Waals surface area contributed by atoms with E-state index < -0.39 is 23.7 Å². The van der Waals surface area contributed by atoms with Crippen LogP contribution in [-0.2, 0) is 19.1 Å². The maximum atomic E-state index is 14.4. The first-order valence-corrected chi connectivity index (χ1v) is 13.8. The fourth-order valence-electron chi connectivity index (χ4n) is 5.47. The minimum absolute atomic E-state index is 0.0719. The van der Waals surface area contributed by atoms with Gasteiger partial charge in [0.05, 0.1) is 19.4 Å². The summed E-state index contributed by atoms with van der Waals surface area (Å²) in [4.78, 5) is 44.0. The topological polar surface area (TPSA) is 72.9 Å². The van der Waals surface area contributed by atoms with Crippen molar-refractivity contribution in [1.82, 2.24) is 0 Å². The molecule has 38 heavy (non-hydrogen) atoms. The monoisotopic (exact) mass is 549 g/mol. The van der Waals surface area contributed by atoms with E-state index in [2.05, 4.69) is 0 Å². The number of rotatable bonds is 6. The van der Waals surface area contributed by atoms with Crippen LogP contribution in [0, 0.1) is 12.8 Å². The number of allylic oxidation sites excluding steroid dienone is 2. The smallest absolute Gasteiger partial charge is 0.317 e.